The molecule has 1 saturated heterocycles. The first-order valence-corrected chi connectivity index (χ1v) is 13.4. The number of anilines is 1. The van der Waals surface area contributed by atoms with E-state index < -0.39 is 20.1 Å². The van der Waals surface area contributed by atoms with Crippen LogP contribution in [0.25, 0.3) is 0 Å². The molecule has 0 radical (unpaired) electrons. The smallest absolute Gasteiger partial charge is 0.222 e. The minimum absolute atomic E-state index is 0.405. The first-order valence-electron chi connectivity index (χ1n) is 10.7. The second kappa shape index (κ2) is 9.66. The monoisotopic (exact) mass is 509 g/mol. The standard InChI is InChI=1S/C23H28ClN3O4S2/c1-23(24)9-5-4-6-21(23)33(28,29)27-12-10-26(11-13-27)22-25-18(16-32-22)14-17-15-19(30-2)7-8-20(17)31-3/h4-9,15-16,21H,10-14H2,1-3H3. The summed E-state index contributed by atoms with van der Waals surface area (Å²) in [7, 11) is -0.264. The highest BCUT2D eigenvalue weighted by atomic mass is 35.5. The second-order valence-electron chi connectivity index (χ2n) is 8.22. The highest BCUT2D eigenvalue weighted by Crippen LogP contribution is 2.33. The third kappa shape index (κ3) is 5.06. The second-order valence-corrected chi connectivity index (χ2v) is 11.9. The highest BCUT2D eigenvalue weighted by Gasteiger charge is 2.43. The van der Waals surface area contributed by atoms with Crippen LogP contribution in [0.2, 0.25) is 0 Å². The van der Waals surface area contributed by atoms with E-state index in [1.807, 2.05) is 23.6 Å². The summed E-state index contributed by atoms with van der Waals surface area (Å²) in [6.45, 7) is 3.71. The maximum absolute atomic E-state index is 13.2. The van der Waals surface area contributed by atoms with E-state index in [1.165, 1.54) is 0 Å². The molecule has 2 atom stereocenters. The molecule has 2 heterocycles. The van der Waals surface area contributed by atoms with Crippen LogP contribution < -0.4 is 14.4 Å². The van der Waals surface area contributed by atoms with Gasteiger partial charge in [-0.3, -0.25) is 0 Å². The zero-order chi connectivity index (χ0) is 23.6. The van der Waals surface area contributed by atoms with E-state index in [2.05, 4.69) is 4.90 Å². The third-order valence-corrected chi connectivity index (χ3v) is 9.78. The van der Waals surface area contributed by atoms with Crippen LogP contribution >= 0.6 is 22.9 Å². The van der Waals surface area contributed by atoms with E-state index in [0.717, 1.165) is 27.9 Å². The Morgan fingerprint density at radius 1 is 1.18 bits per heavy atom. The van der Waals surface area contributed by atoms with Crippen molar-refractivity contribution in [2.45, 2.75) is 23.5 Å². The molecule has 0 saturated carbocycles. The Balaban J connectivity index is 1.42. The maximum Gasteiger partial charge on any atom is 0.222 e. The summed E-state index contributed by atoms with van der Waals surface area (Å²) < 4.78 is 38.8. The number of piperazine rings is 1. The summed E-state index contributed by atoms with van der Waals surface area (Å²) in [6, 6.07) is 5.72. The number of benzene rings is 1. The van der Waals surface area contributed by atoms with E-state index in [0.29, 0.717) is 32.6 Å². The number of hydrogen-bond donors (Lipinski definition) is 0. The summed E-state index contributed by atoms with van der Waals surface area (Å²) in [4.78, 5) is 5.99. The molecule has 2 aromatic rings. The number of rotatable bonds is 7. The summed E-state index contributed by atoms with van der Waals surface area (Å²) in [5, 5.41) is 2.16. The zero-order valence-electron chi connectivity index (χ0n) is 18.9. The Morgan fingerprint density at radius 2 is 1.94 bits per heavy atom. The molecule has 1 fully saturated rings. The van der Waals surface area contributed by atoms with Crippen molar-refractivity contribution in [1.82, 2.24) is 9.29 Å². The van der Waals surface area contributed by atoms with Gasteiger partial charge in [0.15, 0.2) is 5.13 Å². The van der Waals surface area contributed by atoms with Gasteiger partial charge in [0.25, 0.3) is 0 Å². The SMILES string of the molecule is COc1ccc(OC)c(Cc2csc(N3CCN(S(=O)(=O)C4C=CC=CC4(C)Cl)CC3)n2)c1. The third-order valence-electron chi connectivity index (χ3n) is 5.96. The molecule has 178 valence electrons. The molecule has 7 nitrogen and oxygen atoms in total. The fraction of sp³-hybridized carbons (Fsp3) is 0.435. The van der Waals surface area contributed by atoms with Crippen molar-refractivity contribution in [2.75, 3.05) is 45.3 Å². The van der Waals surface area contributed by atoms with E-state index >= 15 is 0 Å². The molecule has 1 aliphatic carbocycles. The zero-order valence-corrected chi connectivity index (χ0v) is 21.3. The van der Waals surface area contributed by atoms with Crippen LogP contribution in [0.5, 0.6) is 11.5 Å². The molecule has 0 bridgehead atoms. The number of hydrogen-bond acceptors (Lipinski definition) is 7. The molecule has 0 N–H and O–H groups in total. The maximum atomic E-state index is 13.2. The van der Waals surface area contributed by atoms with Crippen LogP contribution in [0.3, 0.4) is 0 Å². The average Bonchev–Trinajstić information content (AvgIpc) is 3.27. The lowest BCUT2D eigenvalue weighted by Crippen LogP contribution is -2.54. The quantitative estimate of drug-likeness (QED) is 0.530. The number of methoxy groups -OCH3 is 2. The summed E-state index contributed by atoms with van der Waals surface area (Å²) in [5.41, 5.74) is 1.94. The molecule has 2 unspecified atom stereocenters. The summed E-state index contributed by atoms with van der Waals surface area (Å²) in [5.74, 6) is 1.57. The van der Waals surface area contributed by atoms with E-state index in [4.69, 9.17) is 26.1 Å². The number of sulfonamides is 1. The normalized spacial score (nSPS) is 23.6. The number of alkyl halides is 1. The van der Waals surface area contributed by atoms with Gasteiger partial charge in [-0.05, 0) is 25.1 Å². The van der Waals surface area contributed by atoms with Gasteiger partial charge in [0.2, 0.25) is 10.0 Å². The van der Waals surface area contributed by atoms with Crippen LogP contribution in [0.1, 0.15) is 18.2 Å². The largest absolute Gasteiger partial charge is 0.497 e. The van der Waals surface area contributed by atoms with Crippen molar-refractivity contribution in [3.8, 4) is 11.5 Å². The van der Waals surface area contributed by atoms with Gasteiger partial charge < -0.3 is 14.4 Å². The van der Waals surface area contributed by atoms with Gasteiger partial charge in [0, 0.05) is 43.5 Å². The predicted octanol–water partition coefficient (Wildman–Crippen LogP) is 3.70. The Morgan fingerprint density at radius 3 is 2.61 bits per heavy atom. The lowest BCUT2D eigenvalue weighted by molar-refractivity contribution is 0.379. The number of ether oxygens (including phenoxy) is 2. The molecule has 1 aliphatic heterocycles. The van der Waals surface area contributed by atoms with Gasteiger partial charge in [-0.1, -0.05) is 24.3 Å². The number of thiazole rings is 1. The Labute approximate surface area is 204 Å². The van der Waals surface area contributed by atoms with Crippen LogP contribution in [0.4, 0.5) is 5.13 Å². The average molecular weight is 510 g/mol. The van der Waals surface area contributed by atoms with Gasteiger partial charge in [-0.15, -0.1) is 22.9 Å². The minimum Gasteiger partial charge on any atom is -0.497 e. The fourth-order valence-electron chi connectivity index (χ4n) is 4.11. The number of aromatic nitrogens is 1. The lowest BCUT2D eigenvalue weighted by atomic mass is 10.0. The van der Waals surface area contributed by atoms with Crippen molar-refractivity contribution in [3.05, 3.63) is 59.1 Å². The first-order chi connectivity index (χ1) is 15.7. The molecule has 4 rings (SSSR count). The molecule has 10 heteroatoms. The van der Waals surface area contributed by atoms with Gasteiger partial charge in [-0.25, -0.2) is 13.4 Å². The Kier molecular flexibility index (Phi) is 7.04. The van der Waals surface area contributed by atoms with Crippen molar-refractivity contribution >= 4 is 38.1 Å². The van der Waals surface area contributed by atoms with E-state index in [-0.39, 0.29) is 0 Å². The highest BCUT2D eigenvalue weighted by molar-refractivity contribution is 7.90. The summed E-state index contributed by atoms with van der Waals surface area (Å²) in [6.07, 6.45) is 7.58. The predicted molar refractivity (Wildman–Crippen MR) is 133 cm³/mol. The van der Waals surface area contributed by atoms with Crippen molar-refractivity contribution in [2.24, 2.45) is 0 Å². The first kappa shape index (κ1) is 24.1. The van der Waals surface area contributed by atoms with Gasteiger partial charge in [-0.2, -0.15) is 4.31 Å². The topological polar surface area (TPSA) is 72.0 Å². The fourth-order valence-corrected chi connectivity index (χ4v) is 7.42. The van der Waals surface area contributed by atoms with Crippen molar-refractivity contribution in [1.29, 1.82) is 0 Å². The Bertz CT molecular complexity index is 1150. The van der Waals surface area contributed by atoms with Crippen LogP contribution in [0, 0.1) is 0 Å². The van der Waals surface area contributed by atoms with Crippen LogP contribution in [0.15, 0.2) is 47.9 Å². The van der Waals surface area contributed by atoms with Crippen LogP contribution in [-0.2, 0) is 16.4 Å². The molecule has 2 aliphatic rings. The van der Waals surface area contributed by atoms with Gasteiger partial charge in [0.05, 0.1) is 24.8 Å². The molecule has 0 spiro atoms. The van der Waals surface area contributed by atoms with Crippen LogP contribution in [-0.4, -0.2) is 68.2 Å². The number of allylic oxidation sites excluding steroid dienone is 3. The summed E-state index contributed by atoms with van der Waals surface area (Å²) >= 11 is 8.07. The Hall–Kier alpha value is -2.07. The van der Waals surface area contributed by atoms with Gasteiger partial charge in [0.1, 0.15) is 16.7 Å². The number of nitrogens with zero attached hydrogens (tertiary/aromatic N) is 3. The molecule has 33 heavy (non-hydrogen) atoms. The van der Waals surface area contributed by atoms with Crippen molar-refractivity contribution in [3.63, 3.8) is 0 Å². The molecule has 1 aromatic heterocycles. The molecule has 0 amide bonds. The molecule has 1 aromatic carbocycles. The number of halogens is 1. The van der Waals surface area contributed by atoms with Crippen molar-refractivity contribution < 1.29 is 17.9 Å². The van der Waals surface area contributed by atoms with Gasteiger partial charge >= 0.3 is 0 Å². The van der Waals surface area contributed by atoms with E-state index in [9.17, 15) is 8.42 Å². The van der Waals surface area contributed by atoms with E-state index in [1.54, 1.807) is 61.1 Å². The lowest BCUT2D eigenvalue weighted by Gasteiger charge is -2.38. The minimum atomic E-state index is -3.55. The molecular weight excluding hydrogens is 482 g/mol. The molecular formula is C23H28ClN3O4S2.